The Hall–Kier alpha value is -2.13. The highest BCUT2D eigenvalue weighted by molar-refractivity contribution is 8.23. The summed E-state index contributed by atoms with van der Waals surface area (Å²) in [5.41, 5.74) is 1.80. The summed E-state index contributed by atoms with van der Waals surface area (Å²) in [5, 5.41) is 3.37. The smallest absolute Gasteiger partial charge is 0.344 e. The number of thioether (sulfide) groups is 1. The van der Waals surface area contributed by atoms with Crippen molar-refractivity contribution in [3.63, 3.8) is 0 Å². The Bertz CT molecular complexity index is 709. The lowest BCUT2D eigenvalue weighted by Gasteiger charge is -2.22. The highest BCUT2D eigenvalue weighted by Gasteiger charge is 2.49. The van der Waals surface area contributed by atoms with Gasteiger partial charge in [0.2, 0.25) is 5.91 Å². The zero-order valence-electron chi connectivity index (χ0n) is 14.9. The fraction of sp³-hybridized carbons (Fsp3) is 0.412. The molecular formula is C17H22N4O3S2. The van der Waals surface area contributed by atoms with Crippen LogP contribution in [-0.4, -0.2) is 50.9 Å². The number of amides is 4. The summed E-state index contributed by atoms with van der Waals surface area (Å²) in [5.74, 6) is -0.974. The van der Waals surface area contributed by atoms with Crippen molar-refractivity contribution < 1.29 is 14.4 Å². The molecule has 1 aliphatic rings. The highest BCUT2D eigenvalue weighted by Crippen LogP contribution is 2.27. The number of thiocarbonyl (C=S) groups is 1. The molecule has 2 N–H and O–H groups in total. The van der Waals surface area contributed by atoms with Crippen LogP contribution >= 0.6 is 24.0 Å². The van der Waals surface area contributed by atoms with Crippen LogP contribution in [0.15, 0.2) is 30.3 Å². The summed E-state index contributed by atoms with van der Waals surface area (Å²) >= 11 is 6.47. The highest BCUT2D eigenvalue weighted by atomic mass is 32.2. The predicted octanol–water partition coefficient (Wildman–Crippen LogP) is 1.84. The van der Waals surface area contributed by atoms with Gasteiger partial charge in [-0.1, -0.05) is 54.3 Å². The number of imide groups is 1. The number of hydrogen-bond donors (Lipinski definition) is 2. The SMILES string of the molecule is CCN(CC)C(=S)SCC(=O)NN1C(=O)NC(C)(c2ccccc2)C1=O. The monoisotopic (exact) mass is 394 g/mol. The molecular weight excluding hydrogens is 372 g/mol. The number of nitrogens with one attached hydrogen (secondary N) is 2. The number of urea groups is 1. The first-order valence-corrected chi connectivity index (χ1v) is 9.66. The van der Waals surface area contributed by atoms with E-state index in [1.54, 1.807) is 31.2 Å². The third-order valence-corrected chi connectivity index (χ3v) is 5.65. The zero-order chi connectivity index (χ0) is 19.3. The van der Waals surface area contributed by atoms with E-state index in [1.165, 1.54) is 11.8 Å². The molecule has 1 aliphatic heterocycles. The van der Waals surface area contributed by atoms with Crippen molar-refractivity contribution in [2.45, 2.75) is 26.3 Å². The molecule has 4 amide bonds. The van der Waals surface area contributed by atoms with E-state index in [0.29, 0.717) is 9.88 Å². The molecule has 0 radical (unpaired) electrons. The van der Waals surface area contributed by atoms with Crippen molar-refractivity contribution in [1.29, 1.82) is 0 Å². The Morgan fingerprint density at radius 2 is 1.88 bits per heavy atom. The average molecular weight is 395 g/mol. The first-order chi connectivity index (χ1) is 12.3. The van der Waals surface area contributed by atoms with Crippen molar-refractivity contribution in [3.05, 3.63) is 35.9 Å². The maximum atomic E-state index is 12.7. The molecule has 140 valence electrons. The van der Waals surface area contributed by atoms with E-state index in [1.807, 2.05) is 24.8 Å². The lowest BCUT2D eigenvalue weighted by molar-refractivity contribution is -0.138. The molecule has 0 aliphatic carbocycles. The molecule has 0 bridgehead atoms. The Morgan fingerprint density at radius 1 is 1.27 bits per heavy atom. The van der Waals surface area contributed by atoms with Crippen LogP contribution in [-0.2, 0) is 15.1 Å². The molecule has 1 unspecified atom stereocenters. The summed E-state index contributed by atoms with van der Waals surface area (Å²) in [4.78, 5) is 39.0. The summed E-state index contributed by atoms with van der Waals surface area (Å²) < 4.78 is 0.608. The molecule has 1 saturated heterocycles. The molecule has 9 heteroatoms. The average Bonchev–Trinajstić information content (AvgIpc) is 2.86. The lowest BCUT2D eigenvalue weighted by atomic mass is 9.92. The van der Waals surface area contributed by atoms with Gasteiger partial charge in [0, 0.05) is 13.1 Å². The molecule has 7 nitrogen and oxygen atoms in total. The number of carbonyl (C=O) groups excluding carboxylic acids is 3. The Balaban J connectivity index is 1.99. The van der Waals surface area contributed by atoms with Crippen molar-refractivity contribution in [2.75, 3.05) is 18.8 Å². The number of hydrogen-bond acceptors (Lipinski definition) is 5. The van der Waals surface area contributed by atoms with Gasteiger partial charge in [0.05, 0.1) is 5.75 Å². The second-order valence-corrected chi connectivity index (χ2v) is 7.43. The molecule has 0 aromatic heterocycles. The lowest BCUT2D eigenvalue weighted by Crippen LogP contribution is -2.48. The summed E-state index contributed by atoms with van der Waals surface area (Å²) in [6, 6.07) is 8.23. The maximum absolute atomic E-state index is 12.7. The molecule has 1 fully saturated rings. The Labute approximate surface area is 162 Å². The molecule has 1 aromatic rings. The topological polar surface area (TPSA) is 81.8 Å². The molecule has 1 atom stereocenters. The van der Waals surface area contributed by atoms with Crippen LogP contribution in [0.5, 0.6) is 0 Å². The standard InChI is InChI=1S/C17H22N4O3S2/c1-4-20(5-2)16(25)26-11-13(22)19-21-14(23)17(3,18-15(21)24)12-9-7-6-8-10-12/h6-10H,4-5,11H2,1-3H3,(H,18,24)(H,19,22). The first kappa shape index (κ1) is 20.2. The number of rotatable bonds is 6. The first-order valence-electron chi connectivity index (χ1n) is 8.26. The van der Waals surface area contributed by atoms with Crippen molar-refractivity contribution in [1.82, 2.24) is 20.7 Å². The second-order valence-electron chi connectivity index (χ2n) is 5.82. The van der Waals surface area contributed by atoms with E-state index in [9.17, 15) is 14.4 Å². The van der Waals surface area contributed by atoms with Gasteiger partial charge in [-0.15, -0.1) is 0 Å². The predicted molar refractivity (Wildman–Crippen MR) is 105 cm³/mol. The number of hydrazine groups is 1. The third kappa shape index (κ3) is 4.16. The Morgan fingerprint density at radius 3 is 2.46 bits per heavy atom. The van der Waals surface area contributed by atoms with E-state index in [0.717, 1.165) is 18.1 Å². The molecule has 0 spiro atoms. The number of nitrogens with zero attached hydrogens (tertiary/aromatic N) is 2. The summed E-state index contributed by atoms with van der Waals surface area (Å²) in [7, 11) is 0. The molecule has 1 aromatic carbocycles. The maximum Gasteiger partial charge on any atom is 0.344 e. The van der Waals surface area contributed by atoms with Crippen LogP contribution in [0.2, 0.25) is 0 Å². The minimum Gasteiger partial charge on any atom is -0.358 e. The Kier molecular flexibility index (Phi) is 6.60. The molecule has 0 saturated carbocycles. The van der Waals surface area contributed by atoms with Crippen molar-refractivity contribution >= 4 is 46.1 Å². The van der Waals surface area contributed by atoms with E-state index in [-0.39, 0.29) is 5.75 Å². The second kappa shape index (κ2) is 8.50. The van der Waals surface area contributed by atoms with Crippen LogP contribution in [0.3, 0.4) is 0 Å². The van der Waals surface area contributed by atoms with E-state index in [2.05, 4.69) is 10.7 Å². The van der Waals surface area contributed by atoms with Gasteiger partial charge in [-0.25, -0.2) is 4.79 Å². The van der Waals surface area contributed by atoms with Crippen LogP contribution in [0, 0.1) is 0 Å². The summed E-state index contributed by atoms with van der Waals surface area (Å²) in [6.45, 7) is 7.08. The van der Waals surface area contributed by atoms with Crippen LogP contribution in [0.25, 0.3) is 0 Å². The largest absolute Gasteiger partial charge is 0.358 e. The van der Waals surface area contributed by atoms with Gasteiger partial charge in [-0.2, -0.15) is 5.01 Å². The van der Waals surface area contributed by atoms with E-state index in [4.69, 9.17) is 12.2 Å². The van der Waals surface area contributed by atoms with Crippen molar-refractivity contribution in [3.8, 4) is 0 Å². The van der Waals surface area contributed by atoms with Crippen LogP contribution < -0.4 is 10.7 Å². The van der Waals surface area contributed by atoms with Gasteiger partial charge in [0.15, 0.2) is 0 Å². The number of benzene rings is 1. The van der Waals surface area contributed by atoms with Gasteiger partial charge in [0.25, 0.3) is 5.91 Å². The summed E-state index contributed by atoms with van der Waals surface area (Å²) in [6.07, 6.45) is 0. The van der Waals surface area contributed by atoms with Crippen molar-refractivity contribution in [2.24, 2.45) is 0 Å². The van der Waals surface area contributed by atoms with Crippen LogP contribution in [0.4, 0.5) is 4.79 Å². The van der Waals surface area contributed by atoms with Gasteiger partial charge in [-0.3, -0.25) is 15.0 Å². The minimum absolute atomic E-state index is 0.0223. The van der Waals surface area contributed by atoms with Gasteiger partial charge in [0.1, 0.15) is 9.86 Å². The minimum atomic E-state index is -1.21. The normalized spacial score (nSPS) is 19.3. The third-order valence-electron chi connectivity index (χ3n) is 4.13. The molecule has 1 heterocycles. The van der Waals surface area contributed by atoms with Crippen LogP contribution in [0.1, 0.15) is 26.3 Å². The quantitative estimate of drug-likeness (QED) is 0.566. The zero-order valence-corrected chi connectivity index (χ0v) is 16.6. The van der Waals surface area contributed by atoms with E-state index >= 15 is 0 Å². The number of carbonyl (C=O) groups is 3. The van der Waals surface area contributed by atoms with Gasteiger partial charge < -0.3 is 10.2 Å². The van der Waals surface area contributed by atoms with E-state index < -0.39 is 23.4 Å². The van der Waals surface area contributed by atoms with Gasteiger partial charge in [-0.05, 0) is 26.3 Å². The molecule has 2 rings (SSSR count). The fourth-order valence-electron chi connectivity index (χ4n) is 2.57. The molecule has 26 heavy (non-hydrogen) atoms. The van der Waals surface area contributed by atoms with Gasteiger partial charge >= 0.3 is 6.03 Å². The fourth-order valence-corrected chi connectivity index (χ4v) is 3.76.